The van der Waals surface area contributed by atoms with Crippen molar-refractivity contribution >= 4 is 27.7 Å². The Kier molecular flexibility index (Phi) is 4.11. The highest BCUT2D eigenvalue weighted by atomic mass is 79.9. The van der Waals surface area contributed by atoms with Crippen LogP contribution in [0.25, 0.3) is 0 Å². The second-order valence-corrected chi connectivity index (χ2v) is 4.98. The van der Waals surface area contributed by atoms with Gasteiger partial charge in [-0.3, -0.25) is 9.78 Å². The van der Waals surface area contributed by atoms with Gasteiger partial charge in [-0.1, -0.05) is 0 Å². The molecule has 0 bridgehead atoms. The lowest BCUT2D eigenvalue weighted by Gasteiger charge is -2.14. The number of pyridine rings is 2. The van der Waals surface area contributed by atoms with Crippen LogP contribution >= 0.6 is 15.9 Å². The van der Waals surface area contributed by atoms with Crippen LogP contribution in [0.3, 0.4) is 0 Å². The summed E-state index contributed by atoms with van der Waals surface area (Å²) in [6.07, 6.45) is 4.93. The molecule has 0 aromatic carbocycles. The monoisotopic (exact) mass is 320 g/mol. The molecular weight excluding hydrogens is 308 g/mol. The predicted octanol–water partition coefficient (Wildman–Crippen LogP) is 2.31. The summed E-state index contributed by atoms with van der Waals surface area (Å²) in [4.78, 5) is 20.0. The Morgan fingerprint density at radius 1 is 1.42 bits per heavy atom. The Morgan fingerprint density at radius 2 is 2.11 bits per heavy atom. The molecule has 98 valence electrons. The zero-order valence-corrected chi connectivity index (χ0v) is 11.9. The van der Waals surface area contributed by atoms with Crippen LogP contribution in [0.1, 0.15) is 28.9 Å². The van der Waals surface area contributed by atoms with Crippen LogP contribution in [0.2, 0.25) is 0 Å². The molecule has 3 N–H and O–H groups in total. The molecule has 0 aliphatic carbocycles. The SMILES string of the molecule is CC(NC(=O)c1cc(Br)cnc1N)c1ccncc1. The van der Waals surface area contributed by atoms with Gasteiger partial charge < -0.3 is 11.1 Å². The van der Waals surface area contributed by atoms with Crippen LogP contribution in [-0.4, -0.2) is 15.9 Å². The molecule has 1 amide bonds. The highest BCUT2D eigenvalue weighted by Crippen LogP contribution is 2.17. The fourth-order valence-corrected chi connectivity index (χ4v) is 1.97. The molecular formula is C13H13BrN4O. The number of anilines is 1. The van der Waals surface area contributed by atoms with E-state index in [2.05, 4.69) is 31.2 Å². The van der Waals surface area contributed by atoms with Crippen LogP contribution in [0.15, 0.2) is 41.3 Å². The summed E-state index contributed by atoms with van der Waals surface area (Å²) >= 11 is 3.27. The number of hydrogen-bond donors (Lipinski definition) is 2. The number of aromatic nitrogens is 2. The maximum Gasteiger partial charge on any atom is 0.255 e. The average molecular weight is 321 g/mol. The first kappa shape index (κ1) is 13.5. The van der Waals surface area contributed by atoms with Crippen molar-refractivity contribution < 1.29 is 4.79 Å². The summed E-state index contributed by atoms with van der Waals surface area (Å²) in [5, 5.41) is 2.87. The standard InChI is InChI=1S/C13H13BrN4O/c1-8(9-2-4-16-5-3-9)18-13(19)11-6-10(14)7-17-12(11)15/h2-8H,1H3,(H2,15,17)(H,18,19). The number of carbonyl (C=O) groups is 1. The summed E-state index contributed by atoms with van der Waals surface area (Å²) in [5.41, 5.74) is 7.04. The number of halogens is 1. The second-order valence-electron chi connectivity index (χ2n) is 4.06. The smallest absolute Gasteiger partial charge is 0.255 e. The minimum Gasteiger partial charge on any atom is -0.383 e. The van der Waals surface area contributed by atoms with Crippen LogP contribution < -0.4 is 11.1 Å². The first-order valence-electron chi connectivity index (χ1n) is 5.69. The molecule has 5 nitrogen and oxygen atoms in total. The molecule has 1 atom stereocenters. The lowest BCUT2D eigenvalue weighted by Crippen LogP contribution is -2.27. The first-order chi connectivity index (χ1) is 9.08. The third kappa shape index (κ3) is 3.29. The Bertz CT molecular complexity index is 588. The van der Waals surface area contributed by atoms with E-state index in [9.17, 15) is 4.79 Å². The molecule has 0 saturated heterocycles. The van der Waals surface area contributed by atoms with Gasteiger partial charge in [0.25, 0.3) is 5.91 Å². The van der Waals surface area contributed by atoms with Gasteiger partial charge in [0.05, 0.1) is 11.6 Å². The molecule has 2 aromatic rings. The van der Waals surface area contributed by atoms with E-state index in [0.29, 0.717) is 10.0 Å². The van der Waals surface area contributed by atoms with E-state index < -0.39 is 0 Å². The molecule has 2 rings (SSSR count). The van der Waals surface area contributed by atoms with Gasteiger partial charge in [0.2, 0.25) is 0 Å². The van der Waals surface area contributed by atoms with Crippen molar-refractivity contribution in [2.75, 3.05) is 5.73 Å². The minimum atomic E-state index is -0.254. The number of nitrogen functional groups attached to an aromatic ring is 1. The maximum absolute atomic E-state index is 12.1. The van der Waals surface area contributed by atoms with Gasteiger partial charge in [0, 0.05) is 23.1 Å². The largest absolute Gasteiger partial charge is 0.383 e. The molecule has 0 radical (unpaired) electrons. The summed E-state index contributed by atoms with van der Waals surface area (Å²) in [7, 11) is 0. The number of carbonyl (C=O) groups excluding carboxylic acids is 1. The average Bonchev–Trinajstić information content (AvgIpc) is 2.42. The van der Waals surface area contributed by atoms with E-state index in [1.807, 2.05) is 19.1 Å². The van der Waals surface area contributed by atoms with Gasteiger partial charge in [0.1, 0.15) is 5.82 Å². The highest BCUT2D eigenvalue weighted by Gasteiger charge is 2.14. The van der Waals surface area contributed by atoms with Crippen LogP contribution in [0.5, 0.6) is 0 Å². The molecule has 0 spiro atoms. The summed E-state index contributed by atoms with van der Waals surface area (Å²) in [6.45, 7) is 1.90. The van der Waals surface area contributed by atoms with Crippen molar-refractivity contribution in [1.82, 2.24) is 15.3 Å². The predicted molar refractivity (Wildman–Crippen MR) is 76.5 cm³/mol. The van der Waals surface area contributed by atoms with Gasteiger partial charge in [-0.15, -0.1) is 0 Å². The van der Waals surface area contributed by atoms with E-state index in [-0.39, 0.29) is 17.8 Å². The number of nitrogens with zero attached hydrogens (tertiary/aromatic N) is 2. The van der Waals surface area contributed by atoms with Crippen LogP contribution in [-0.2, 0) is 0 Å². The number of rotatable bonds is 3. The van der Waals surface area contributed by atoms with Crippen molar-refractivity contribution in [3.05, 3.63) is 52.4 Å². The summed E-state index contributed by atoms with van der Waals surface area (Å²) in [5.74, 6) is -0.0433. The van der Waals surface area contributed by atoms with Crippen LogP contribution in [0, 0.1) is 0 Å². The first-order valence-corrected chi connectivity index (χ1v) is 6.49. The summed E-state index contributed by atoms with van der Waals surface area (Å²) < 4.78 is 0.711. The van der Waals surface area contributed by atoms with Gasteiger partial charge in [-0.25, -0.2) is 4.98 Å². The van der Waals surface area contributed by atoms with Crippen molar-refractivity contribution in [2.45, 2.75) is 13.0 Å². The third-order valence-electron chi connectivity index (χ3n) is 2.68. The Hall–Kier alpha value is -1.95. The van der Waals surface area contributed by atoms with E-state index >= 15 is 0 Å². The fraction of sp³-hybridized carbons (Fsp3) is 0.154. The van der Waals surface area contributed by atoms with Crippen molar-refractivity contribution in [3.8, 4) is 0 Å². The van der Waals surface area contributed by atoms with E-state index in [4.69, 9.17) is 5.73 Å². The van der Waals surface area contributed by atoms with E-state index in [1.54, 1.807) is 24.7 Å². The molecule has 2 heterocycles. The quantitative estimate of drug-likeness (QED) is 0.909. The summed E-state index contributed by atoms with van der Waals surface area (Å²) in [6, 6.07) is 5.23. The maximum atomic E-state index is 12.1. The Balaban J connectivity index is 2.15. The highest BCUT2D eigenvalue weighted by molar-refractivity contribution is 9.10. The van der Waals surface area contributed by atoms with Gasteiger partial charge in [-0.05, 0) is 46.6 Å². The minimum absolute atomic E-state index is 0.131. The molecule has 19 heavy (non-hydrogen) atoms. The zero-order chi connectivity index (χ0) is 13.8. The molecule has 6 heteroatoms. The molecule has 1 unspecified atom stereocenters. The fourth-order valence-electron chi connectivity index (χ4n) is 1.64. The Morgan fingerprint density at radius 3 is 2.79 bits per heavy atom. The number of hydrogen-bond acceptors (Lipinski definition) is 4. The molecule has 0 fully saturated rings. The lowest BCUT2D eigenvalue weighted by molar-refractivity contribution is 0.0940. The second kappa shape index (κ2) is 5.79. The van der Waals surface area contributed by atoms with Crippen molar-refractivity contribution in [3.63, 3.8) is 0 Å². The van der Waals surface area contributed by atoms with E-state index in [1.165, 1.54) is 0 Å². The third-order valence-corrected chi connectivity index (χ3v) is 3.12. The van der Waals surface area contributed by atoms with Crippen molar-refractivity contribution in [2.24, 2.45) is 0 Å². The lowest BCUT2D eigenvalue weighted by atomic mass is 10.1. The molecule has 0 aliphatic rings. The number of nitrogens with one attached hydrogen (secondary N) is 1. The van der Waals surface area contributed by atoms with Crippen molar-refractivity contribution in [1.29, 1.82) is 0 Å². The van der Waals surface area contributed by atoms with Gasteiger partial charge in [-0.2, -0.15) is 0 Å². The number of nitrogens with two attached hydrogens (primary N) is 1. The molecule has 0 saturated carbocycles. The van der Waals surface area contributed by atoms with E-state index in [0.717, 1.165) is 5.56 Å². The van der Waals surface area contributed by atoms with Gasteiger partial charge >= 0.3 is 0 Å². The zero-order valence-electron chi connectivity index (χ0n) is 10.3. The normalized spacial score (nSPS) is 11.9. The molecule has 0 aliphatic heterocycles. The molecule has 2 aromatic heterocycles. The topological polar surface area (TPSA) is 80.9 Å². The van der Waals surface area contributed by atoms with Gasteiger partial charge in [0.15, 0.2) is 0 Å². The number of amides is 1. The van der Waals surface area contributed by atoms with Crippen LogP contribution in [0.4, 0.5) is 5.82 Å². The Labute approximate surface area is 119 Å².